The Morgan fingerprint density at radius 2 is 1.68 bits per heavy atom. The molecule has 0 saturated carbocycles. The molecule has 0 aliphatic heterocycles. The minimum Gasteiger partial charge on any atom is -0.305 e. The lowest BCUT2D eigenvalue weighted by molar-refractivity contribution is 0.102. The van der Waals surface area contributed by atoms with Crippen LogP contribution in [0.4, 0.5) is 5.82 Å². The van der Waals surface area contributed by atoms with Crippen LogP contribution in [-0.4, -0.2) is 20.9 Å². The average Bonchev–Trinajstić information content (AvgIpc) is 2.33. The van der Waals surface area contributed by atoms with Gasteiger partial charge in [0.1, 0.15) is 21.7 Å². The van der Waals surface area contributed by atoms with Crippen molar-refractivity contribution >= 4 is 58.1 Å². The zero-order valence-corrected chi connectivity index (χ0v) is 12.0. The van der Waals surface area contributed by atoms with E-state index in [1.165, 1.54) is 18.5 Å². The fraction of sp³-hybridized carbons (Fsp3) is 0. The van der Waals surface area contributed by atoms with Crippen LogP contribution in [0.3, 0.4) is 0 Å². The first-order valence-corrected chi connectivity index (χ1v) is 6.29. The lowest BCUT2D eigenvalue weighted by Crippen LogP contribution is -2.14. The van der Waals surface area contributed by atoms with Crippen molar-refractivity contribution in [1.82, 2.24) is 15.0 Å². The number of anilines is 1. The van der Waals surface area contributed by atoms with Gasteiger partial charge >= 0.3 is 0 Å². The van der Waals surface area contributed by atoms with Crippen molar-refractivity contribution in [3.63, 3.8) is 0 Å². The SMILES string of the molecule is O=C(Nc1ncnc(Cl)c1Cl)c1cc(Cl)nc(Cl)c1. The standard InChI is InChI=1S/C10H4Cl4N4O/c11-5-1-4(2-6(12)17-5)10(19)18-9-7(13)8(14)15-3-16-9/h1-3H,(H,15,16,18,19). The Morgan fingerprint density at radius 3 is 2.32 bits per heavy atom. The van der Waals surface area contributed by atoms with Crippen LogP contribution in [0, 0.1) is 0 Å². The highest BCUT2D eigenvalue weighted by Crippen LogP contribution is 2.26. The number of nitrogens with one attached hydrogen (secondary N) is 1. The third kappa shape index (κ3) is 3.45. The molecule has 2 aromatic rings. The normalized spacial score (nSPS) is 10.3. The number of halogens is 4. The number of carbonyl (C=O) groups is 1. The van der Waals surface area contributed by atoms with Gasteiger partial charge in [-0.25, -0.2) is 15.0 Å². The van der Waals surface area contributed by atoms with E-state index in [1.54, 1.807) is 0 Å². The van der Waals surface area contributed by atoms with Gasteiger partial charge in [-0.05, 0) is 12.1 Å². The van der Waals surface area contributed by atoms with Gasteiger partial charge in [0, 0.05) is 5.56 Å². The highest BCUT2D eigenvalue weighted by molar-refractivity contribution is 6.43. The van der Waals surface area contributed by atoms with Gasteiger partial charge in [0.15, 0.2) is 11.0 Å². The van der Waals surface area contributed by atoms with E-state index in [2.05, 4.69) is 20.3 Å². The summed E-state index contributed by atoms with van der Waals surface area (Å²) >= 11 is 23.0. The smallest absolute Gasteiger partial charge is 0.257 e. The van der Waals surface area contributed by atoms with Crippen LogP contribution >= 0.6 is 46.4 Å². The topological polar surface area (TPSA) is 67.8 Å². The van der Waals surface area contributed by atoms with Crippen molar-refractivity contribution < 1.29 is 4.79 Å². The Morgan fingerprint density at radius 1 is 1.05 bits per heavy atom. The minimum absolute atomic E-state index is 0.0396. The molecule has 2 rings (SSSR count). The number of carbonyl (C=O) groups excluding carboxylic acids is 1. The van der Waals surface area contributed by atoms with Gasteiger partial charge in [-0.2, -0.15) is 0 Å². The second kappa shape index (κ2) is 5.88. The summed E-state index contributed by atoms with van der Waals surface area (Å²) in [5, 5.41) is 2.76. The second-order valence-corrected chi connectivity index (χ2v) is 4.79. The van der Waals surface area contributed by atoms with E-state index < -0.39 is 5.91 Å². The maximum Gasteiger partial charge on any atom is 0.257 e. The number of pyridine rings is 1. The van der Waals surface area contributed by atoms with E-state index in [9.17, 15) is 4.79 Å². The zero-order valence-electron chi connectivity index (χ0n) is 8.99. The molecular formula is C10H4Cl4N4O. The molecule has 0 spiro atoms. The monoisotopic (exact) mass is 336 g/mol. The summed E-state index contributed by atoms with van der Waals surface area (Å²) in [4.78, 5) is 23.2. The molecule has 2 heterocycles. The van der Waals surface area contributed by atoms with Gasteiger partial charge in [0.25, 0.3) is 5.91 Å². The van der Waals surface area contributed by atoms with Gasteiger partial charge in [-0.3, -0.25) is 4.79 Å². The summed E-state index contributed by atoms with van der Waals surface area (Å²) < 4.78 is 0. The zero-order chi connectivity index (χ0) is 14.0. The van der Waals surface area contributed by atoms with Crippen LogP contribution in [-0.2, 0) is 0 Å². The molecule has 0 bridgehead atoms. The molecule has 0 saturated heterocycles. The molecule has 19 heavy (non-hydrogen) atoms. The third-order valence-corrected chi connectivity index (χ3v) is 3.13. The number of nitrogens with zero attached hydrogens (tertiary/aromatic N) is 3. The van der Waals surface area contributed by atoms with Crippen molar-refractivity contribution in [3.05, 3.63) is 44.5 Å². The molecule has 0 aliphatic rings. The minimum atomic E-state index is -0.497. The summed E-state index contributed by atoms with van der Waals surface area (Å²) in [5.74, 6) is -0.404. The summed E-state index contributed by atoms with van der Waals surface area (Å²) in [7, 11) is 0. The molecule has 0 radical (unpaired) electrons. The molecule has 98 valence electrons. The Kier molecular flexibility index (Phi) is 4.42. The number of rotatable bonds is 2. The fourth-order valence-electron chi connectivity index (χ4n) is 1.21. The maximum absolute atomic E-state index is 12.0. The van der Waals surface area contributed by atoms with Crippen LogP contribution in [0.15, 0.2) is 18.5 Å². The van der Waals surface area contributed by atoms with E-state index in [0.29, 0.717) is 0 Å². The molecule has 0 aliphatic carbocycles. The van der Waals surface area contributed by atoms with Crippen LogP contribution < -0.4 is 5.32 Å². The Hall–Kier alpha value is -1.14. The first-order valence-electron chi connectivity index (χ1n) is 4.78. The van der Waals surface area contributed by atoms with Gasteiger partial charge in [0.05, 0.1) is 0 Å². The third-order valence-electron chi connectivity index (χ3n) is 2.00. The average molecular weight is 338 g/mol. The lowest BCUT2D eigenvalue weighted by atomic mass is 10.2. The summed E-state index contributed by atoms with van der Waals surface area (Å²) in [6.45, 7) is 0. The lowest BCUT2D eigenvalue weighted by Gasteiger charge is -2.06. The number of hydrogen-bond donors (Lipinski definition) is 1. The molecule has 2 aromatic heterocycles. The van der Waals surface area contributed by atoms with E-state index in [1.807, 2.05) is 0 Å². The van der Waals surface area contributed by atoms with Crippen LogP contribution in [0.5, 0.6) is 0 Å². The van der Waals surface area contributed by atoms with Gasteiger partial charge < -0.3 is 5.32 Å². The van der Waals surface area contributed by atoms with E-state index >= 15 is 0 Å². The highest BCUT2D eigenvalue weighted by Gasteiger charge is 2.13. The number of aromatic nitrogens is 3. The Bertz CT molecular complexity index is 629. The number of amides is 1. The molecular weight excluding hydrogens is 334 g/mol. The summed E-state index contributed by atoms with van der Waals surface area (Å²) in [5.41, 5.74) is 0.218. The summed E-state index contributed by atoms with van der Waals surface area (Å²) in [6.07, 6.45) is 1.18. The Balaban J connectivity index is 2.28. The van der Waals surface area contributed by atoms with Crippen LogP contribution in [0.1, 0.15) is 10.4 Å². The molecule has 0 unspecified atom stereocenters. The van der Waals surface area contributed by atoms with Crippen molar-refractivity contribution in [2.75, 3.05) is 5.32 Å². The molecule has 1 amide bonds. The van der Waals surface area contributed by atoms with Crippen molar-refractivity contribution in [1.29, 1.82) is 0 Å². The molecule has 5 nitrogen and oxygen atoms in total. The van der Waals surface area contributed by atoms with Crippen molar-refractivity contribution in [3.8, 4) is 0 Å². The number of hydrogen-bond acceptors (Lipinski definition) is 4. The Labute approximate surface area is 127 Å². The molecule has 0 aromatic carbocycles. The van der Waals surface area contributed by atoms with E-state index in [4.69, 9.17) is 46.4 Å². The van der Waals surface area contributed by atoms with E-state index in [0.717, 1.165) is 0 Å². The van der Waals surface area contributed by atoms with Gasteiger partial charge in [0.2, 0.25) is 0 Å². The second-order valence-electron chi connectivity index (χ2n) is 3.28. The van der Waals surface area contributed by atoms with Crippen LogP contribution in [0.25, 0.3) is 0 Å². The predicted octanol–water partition coefficient (Wildman–Crippen LogP) is 3.74. The fourth-order valence-corrected chi connectivity index (χ4v) is 1.95. The highest BCUT2D eigenvalue weighted by atomic mass is 35.5. The van der Waals surface area contributed by atoms with Crippen LogP contribution in [0.2, 0.25) is 20.5 Å². The molecule has 0 atom stereocenters. The molecule has 1 N–H and O–H groups in total. The first kappa shape index (κ1) is 14.3. The molecule has 9 heteroatoms. The first-order chi connectivity index (χ1) is 8.97. The summed E-state index contributed by atoms with van der Waals surface area (Å²) in [6, 6.07) is 2.72. The predicted molar refractivity (Wildman–Crippen MR) is 74.3 cm³/mol. The maximum atomic E-state index is 12.0. The molecule has 0 fully saturated rings. The van der Waals surface area contributed by atoms with Gasteiger partial charge in [-0.1, -0.05) is 46.4 Å². The van der Waals surface area contributed by atoms with E-state index in [-0.39, 0.29) is 31.9 Å². The van der Waals surface area contributed by atoms with Crippen molar-refractivity contribution in [2.45, 2.75) is 0 Å². The quantitative estimate of drug-likeness (QED) is 0.669. The largest absolute Gasteiger partial charge is 0.305 e. The van der Waals surface area contributed by atoms with Crippen molar-refractivity contribution in [2.24, 2.45) is 0 Å². The van der Waals surface area contributed by atoms with Gasteiger partial charge in [-0.15, -0.1) is 0 Å².